The molecule has 108 valence electrons. The van der Waals surface area contributed by atoms with Crippen molar-refractivity contribution in [1.82, 2.24) is 5.32 Å². The van der Waals surface area contributed by atoms with Gasteiger partial charge in [-0.15, -0.1) is 0 Å². The summed E-state index contributed by atoms with van der Waals surface area (Å²) in [4.78, 5) is 0. The molecular weight excluding hydrogens is 266 g/mol. The number of nitrogens with one attached hydrogen (secondary N) is 1. The maximum atomic E-state index is 6.02. The minimum Gasteiger partial charge on any atom is -0.309 e. The zero-order valence-electron chi connectivity index (χ0n) is 12.0. The summed E-state index contributed by atoms with van der Waals surface area (Å²) in [5.74, 6) is 3.90. The van der Waals surface area contributed by atoms with E-state index in [1.807, 2.05) is 12.1 Å². The minimum atomic E-state index is 0.562. The zero-order valence-corrected chi connectivity index (χ0v) is 12.8. The Morgan fingerprint density at radius 3 is 1.95 bits per heavy atom. The standard InChI is InChI=1S/C18H24ClN/c19-16-9-7-15(8-10-16)18(14-5-6-14)20-11-17(12-1-2-12)13-3-4-13/h7-10,12-14,17-18,20H,1-6,11H2. The molecule has 3 fully saturated rings. The first kappa shape index (κ1) is 13.2. The summed E-state index contributed by atoms with van der Waals surface area (Å²) in [5.41, 5.74) is 1.43. The highest BCUT2D eigenvalue weighted by atomic mass is 35.5. The molecular formula is C18H24ClN. The summed E-state index contributed by atoms with van der Waals surface area (Å²) in [7, 11) is 0. The highest BCUT2D eigenvalue weighted by Gasteiger charge is 2.42. The predicted octanol–water partition coefficient (Wildman–Crippen LogP) is 4.82. The summed E-state index contributed by atoms with van der Waals surface area (Å²) in [6.07, 6.45) is 8.71. The normalized spacial score (nSPS) is 24.1. The number of hydrogen-bond donors (Lipinski definition) is 1. The van der Waals surface area contributed by atoms with Crippen LogP contribution in [0.15, 0.2) is 24.3 Å². The van der Waals surface area contributed by atoms with Gasteiger partial charge in [-0.1, -0.05) is 23.7 Å². The van der Waals surface area contributed by atoms with Crippen LogP contribution >= 0.6 is 11.6 Å². The van der Waals surface area contributed by atoms with Crippen molar-refractivity contribution in [2.45, 2.75) is 44.6 Å². The molecule has 1 N–H and O–H groups in total. The van der Waals surface area contributed by atoms with Gasteiger partial charge in [-0.3, -0.25) is 0 Å². The van der Waals surface area contributed by atoms with Gasteiger partial charge in [0.05, 0.1) is 0 Å². The molecule has 0 bridgehead atoms. The molecule has 4 rings (SSSR count). The lowest BCUT2D eigenvalue weighted by atomic mass is 9.96. The third-order valence-electron chi connectivity index (χ3n) is 5.35. The van der Waals surface area contributed by atoms with Gasteiger partial charge in [-0.05, 0) is 86.4 Å². The minimum absolute atomic E-state index is 0.562. The Morgan fingerprint density at radius 1 is 0.900 bits per heavy atom. The number of benzene rings is 1. The van der Waals surface area contributed by atoms with E-state index >= 15 is 0 Å². The Kier molecular flexibility index (Phi) is 3.52. The summed E-state index contributed by atoms with van der Waals surface area (Å²) >= 11 is 6.02. The van der Waals surface area contributed by atoms with E-state index < -0.39 is 0 Å². The maximum absolute atomic E-state index is 6.02. The van der Waals surface area contributed by atoms with Crippen LogP contribution in [0.4, 0.5) is 0 Å². The van der Waals surface area contributed by atoms with Crippen molar-refractivity contribution in [2.75, 3.05) is 6.54 Å². The molecule has 20 heavy (non-hydrogen) atoms. The second-order valence-corrected chi connectivity index (χ2v) is 7.55. The highest BCUT2D eigenvalue weighted by Crippen LogP contribution is 2.49. The van der Waals surface area contributed by atoms with E-state index in [-0.39, 0.29) is 0 Å². The maximum Gasteiger partial charge on any atom is 0.0406 e. The van der Waals surface area contributed by atoms with Gasteiger partial charge in [-0.2, -0.15) is 0 Å². The van der Waals surface area contributed by atoms with Crippen molar-refractivity contribution < 1.29 is 0 Å². The van der Waals surface area contributed by atoms with E-state index in [1.165, 1.54) is 50.6 Å². The molecule has 0 heterocycles. The van der Waals surface area contributed by atoms with E-state index in [2.05, 4.69) is 17.4 Å². The average molecular weight is 290 g/mol. The smallest absolute Gasteiger partial charge is 0.0406 e. The summed E-state index contributed by atoms with van der Waals surface area (Å²) in [6.45, 7) is 1.24. The fourth-order valence-electron chi connectivity index (χ4n) is 3.69. The van der Waals surface area contributed by atoms with Gasteiger partial charge in [0, 0.05) is 11.1 Å². The predicted molar refractivity (Wildman–Crippen MR) is 83.9 cm³/mol. The Balaban J connectivity index is 1.42. The van der Waals surface area contributed by atoms with Crippen LogP contribution < -0.4 is 5.32 Å². The van der Waals surface area contributed by atoms with Gasteiger partial charge in [0.25, 0.3) is 0 Å². The Labute approximate surface area is 127 Å². The van der Waals surface area contributed by atoms with Gasteiger partial charge < -0.3 is 5.32 Å². The first-order valence-electron chi connectivity index (χ1n) is 8.30. The molecule has 3 aliphatic rings. The van der Waals surface area contributed by atoms with Gasteiger partial charge in [0.1, 0.15) is 0 Å². The molecule has 2 heteroatoms. The van der Waals surface area contributed by atoms with Crippen LogP contribution in [-0.2, 0) is 0 Å². The third kappa shape index (κ3) is 3.04. The molecule has 1 nitrogen and oxygen atoms in total. The zero-order chi connectivity index (χ0) is 13.5. The van der Waals surface area contributed by atoms with Crippen molar-refractivity contribution in [1.29, 1.82) is 0 Å². The lowest BCUT2D eigenvalue weighted by Gasteiger charge is -2.23. The van der Waals surface area contributed by atoms with E-state index in [4.69, 9.17) is 11.6 Å². The van der Waals surface area contributed by atoms with Crippen molar-refractivity contribution in [2.24, 2.45) is 23.7 Å². The second kappa shape index (κ2) is 5.35. The van der Waals surface area contributed by atoms with Crippen LogP contribution in [0.25, 0.3) is 0 Å². The van der Waals surface area contributed by atoms with Crippen LogP contribution in [0.2, 0.25) is 5.02 Å². The van der Waals surface area contributed by atoms with Crippen LogP contribution in [0.5, 0.6) is 0 Å². The molecule has 0 aliphatic heterocycles. The van der Waals surface area contributed by atoms with Crippen LogP contribution in [0.1, 0.15) is 50.1 Å². The molecule has 0 aromatic heterocycles. The monoisotopic (exact) mass is 289 g/mol. The largest absolute Gasteiger partial charge is 0.309 e. The SMILES string of the molecule is Clc1ccc(C(NCC(C2CC2)C2CC2)C2CC2)cc1. The summed E-state index contributed by atoms with van der Waals surface area (Å²) in [5, 5.41) is 4.76. The van der Waals surface area contributed by atoms with Gasteiger partial charge in [-0.25, -0.2) is 0 Å². The Bertz CT molecular complexity index is 445. The fraction of sp³-hybridized carbons (Fsp3) is 0.667. The van der Waals surface area contributed by atoms with Crippen LogP contribution in [0.3, 0.4) is 0 Å². The molecule has 0 saturated heterocycles. The average Bonchev–Trinajstić information content (AvgIpc) is 3.25. The molecule has 1 aromatic rings. The topological polar surface area (TPSA) is 12.0 Å². The van der Waals surface area contributed by atoms with Crippen molar-refractivity contribution in [3.8, 4) is 0 Å². The molecule has 1 aromatic carbocycles. The molecule has 0 amide bonds. The molecule has 0 radical (unpaired) electrons. The van der Waals surface area contributed by atoms with Crippen LogP contribution in [-0.4, -0.2) is 6.54 Å². The van der Waals surface area contributed by atoms with Gasteiger partial charge >= 0.3 is 0 Å². The molecule has 3 aliphatic carbocycles. The van der Waals surface area contributed by atoms with E-state index in [0.29, 0.717) is 6.04 Å². The van der Waals surface area contributed by atoms with Gasteiger partial charge in [0.2, 0.25) is 0 Å². The first-order valence-corrected chi connectivity index (χ1v) is 8.68. The van der Waals surface area contributed by atoms with Crippen molar-refractivity contribution in [3.63, 3.8) is 0 Å². The van der Waals surface area contributed by atoms with E-state index in [1.54, 1.807) is 0 Å². The van der Waals surface area contributed by atoms with E-state index in [0.717, 1.165) is 28.7 Å². The highest BCUT2D eigenvalue weighted by molar-refractivity contribution is 6.30. The molecule has 1 unspecified atom stereocenters. The lowest BCUT2D eigenvalue weighted by Crippen LogP contribution is -2.30. The van der Waals surface area contributed by atoms with E-state index in [9.17, 15) is 0 Å². The molecule has 0 spiro atoms. The van der Waals surface area contributed by atoms with Crippen LogP contribution in [0, 0.1) is 23.7 Å². The quantitative estimate of drug-likeness (QED) is 0.759. The number of halogens is 1. The summed E-state index contributed by atoms with van der Waals surface area (Å²) < 4.78 is 0. The first-order chi connectivity index (χ1) is 9.81. The number of hydrogen-bond acceptors (Lipinski definition) is 1. The molecule has 3 saturated carbocycles. The summed E-state index contributed by atoms with van der Waals surface area (Å²) in [6, 6.07) is 9.05. The Morgan fingerprint density at radius 2 is 1.45 bits per heavy atom. The van der Waals surface area contributed by atoms with Gasteiger partial charge in [0.15, 0.2) is 0 Å². The fourth-order valence-corrected chi connectivity index (χ4v) is 3.81. The third-order valence-corrected chi connectivity index (χ3v) is 5.60. The number of rotatable bonds is 7. The van der Waals surface area contributed by atoms with Crippen molar-refractivity contribution in [3.05, 3.63) is 34.9 Å². The molecule has 1 atom stereocenters. The Hall–Kier alpha value is -0.530. The second-order valence-electron chi connectivity index (χ2n) is 7.11. The van der Waals surface area contributed by atoms with Crippen molar-refractivity contribution >= 4 is 11.6 Å². The lowest BCUT2D eigenvalue weighted by molar-refractivity contribution is 0.344.